The van der Waals surface area contributed by atoms with Crippen molar-refractivity contribution >= 4 is 13.7 Å². The van der Waals surface area contributed by atoms with E-state index in [0.717, 1.165) is 89.9 Å². The minimum absolute atomic E-state index is 0.0521. The number of amides is 1. The maximum Gasteiger partial charge on any atom is 0.472 e. The highest BCUT2D eigenvalue weighted by Gasteiger charge is 2.27. The number of aliphatic hydroxyl groups is 1. The molecule has 9 heteroatoms. The van der Waals surface area contributed by atoms with Gasteiger partial charge in [0.25, 0.3) is 0 Å². The summed E-state index contributed by atoms with van der Waals surface area (Å²) in [7, 11) is 1.55. The quantitative estimate of drug-likeness (QED) is 0.0243. The molecule has 0 spiro atoms. The lowest BCUT2D eigenvalue weighted by molar-refractivity contribution is -0.870. The van der Waals surface area contributed by atoms with Crippen LogP contribution in [0, 0.1) is 0 Å². The van der Waals surface area contributed by atoms with Crippen LogP contribution < -0.4 is 5.32 Å². The number of likely N-dealkylation sites (N-methyl/N-ethyl adjacent to an activating group) is 1. The number of quaternary nitrogens is 1. The molecule has 0 aliphatic carbocycles. The van der Waals surface area contributed by atoms with E-state index in [1.54, 1.807) is 6.08 Å². The summed E-state index contributed by atoms with van der Waals surface area (Å²) in [6.07, 6.45) is 79.9. The Morgan fingerprint density at radius 1 is 0.467 bits per heavy atom. The SMILES string of the molecule is CC/C=C\C/C=C\C/C=C\C/C=C\C/C=C\C/C=C\CCCCCCC(=O)NC(COP(=O)(O)OCC[N+](C)(C)C)C(O)/C=C/CCCCCCCCCCCCCCCCCCCCCCCCCCCCCC. The van der Waals surface area contributed by atoms with Gasteiger partial charge < -0.3 is 19.8 Å². The normalized spacial score (nSPS) is 14.4. The van der Waals surface area contributed by atoms with Crippen LogP contribution >= 0.6 is 7.82 Å². The summed E-state index contributed by atoms with van der Waals surface area (Å²) in [5.74, 6) is -0.201. The van der Waals surface area contributed by atoms with E-state index < -0.39 is 20.0 Å². The van der Waals surface area contributed by atoms with Gasteiger partial charge >= 0.3 is 7.82 Å². The largest absolute Gasteiger partial charge is 0.472 e. The minimum Gasteiger partial charge on any atom is -0.387 e. The number of phosphoric acid groups is 1. The Morgan fingerprint density at radius 2 is 0.800 bits per heavy atom. The third-order valence-electron chi connectivity index (χ3n) is 13.9. The highest BCUT2D eigenvalue weighted by Crippen LogP contribution is 2.43. The molecule has 0 aromatic carbocycles. The van der Waals surface area contributed by atoms with Crippen LogP contribution in [-0.2, 0) is 18.4 Å². The minimum atomic E-state index is -4.36. The second-order valence-corrected chi connectivity index (χ2v) is 23.9. The van der Waals surface area contributed by atoms with Crippen molar-refractivity contribution in [2.45, 2.75) is 289 Å². The average molecular weight is 1070 g/mol. The van der Waals surface area contributed by atoms with Crippen molar-refractivity contribution in [2.24, 2.45) is 0 Å². The van der Waals surface area contributed by atoms with Gasteiger partial charge in [0.15, 0.2) is 0 Å². The van der Waals surface area contributed by atoms with Gasteiger partial charge in [0, 0.05) is 6.42 Å². The van der Waals surface area contributed by atoms with Crippen LogP contribution in [0.5, 0.6) is 0 Å². The molecule has 3 unspecified atom stereocenters. The van der Waals surface area contributed by atoms with Gasteiger partial charge in [-0.15, -0.1) is 0 Å². The molecule has 3 atom stereocenters. The van der Waals surface area contributed by atoms with Crippen molar-refractivity contribution in [2.75, 3.05) is 40.9 Å². The summed E-state index contributed by atoms with van der Waals surface area (Å²) < 4.78 is 23.7. The fourth-order valence-corrected chi connectivity index (χ4v) is 9.72. The van der Waals surface area contributed by atoms with Gasteiger partial charge in [-0.1, -0.05) is 285 Å². The zero-order valence-electron chi connectivity index (χ0n) is 49.8. The third kappa shape index (κ3) is 59.2. The molecule has 1 amide bonds. The molecule has 0 saturated carbocycles. The summed E-state index contributed by atoms with van der Waals surface area (Å²) in [6, 6.07) is -0.868. The molecular formula is C66H122N2O6P+. The molecule has 0 aromatic rings. The van der Waals surface area contributed by atoms with E-state index in [1.165, 1.54) is 167 Å². The van der Waals surface area contributed by atoms with Crippen LogP contribution in [0.25, 0.3) is 0 Å². The lowest BCUT2D eigenvalue weighted by Gasteiger charge is -2.25. The molecule has 0 aliphatic heterocycles. The highest BCUT2D eigenvalue weighted by molar-refractivity contribution is 7.47. The van der Waals surface area contributed by atoms with Gasteiger partial charge in [0.05, 0.1) is 39.9 Å². The molecular weight excluding hydrogens is 948 g/mol. The zero-order chi connectivity index (χ0) is 54.9. The van der Waals surface area contributed by atoms with Gasteiger partial charge in [0.2, 0.25) is 5.91 Å². The summed E-state index contributed by atoms with van der Waals surface area (Å²) in [4.78, 5) is 23.3. The van der Waals surface area contributed by atoms with Crippen molar-refractivity contribution in [3.63, 3.8) is 0 Å². The summed E-state index contributed by atoms with van der Waals surface area (Å²) in [6.45, 7) is 4.70. The predicted octanol–water partition coefficient (Wildman–Crippen LogP) is 19.6. The topological polar surface area (TPSA) is 105 Å². The summed E-state index contributed by atoms with van der Waals surface area (Å²) in [5, 5.41) is 14.0. The number of carbonyl (C=O) groups excluding carboxylic acids is 1. The first-order valence-electron chi connectivity index (χ1n) is 31.5. The standard InChI is InChI=1S/C66H121N2O6P/c1-6-8-10-12-14-16-18-20-22-24-26-28-30-31-32-33-34-35-36-38-39-41-43-45-47-49-51-53-55-57-59-65(69)64(63-74-75(71,72)73-62-61-68(3,4)5)67-66(70)60-58-56-54-52-50-48-46-44-42-40-37-29-27-25-23-21-19-17-15-13-11-9-7-2/h9,11,15,17,21,23,27,29,40,42,46,48,57,59,64-65,69H,6-8,10,12-14,16,18-20,22,24-26,28,30-39,41,43-45,47,49-56,58,60-63H2,1-5H3,(H-,67,70,71,72)/p+1/b11-9-,17-15-,23-21-,29-27-,42-40-,48-46-,59-57+. The number of hydrogen-bond donors (Lipinski definition) is 3. The number of nitrogens with one attached hydrogen (secondary N) is 1. The van der Waals surface area contributed by atoms with E-state index in [0.29, 0.717) is 17.4 Å². The number of phosphoric ester groups is 1. The number of unbranched alkanes of at least 4 members (excludes halogenated alkanes) is 32. The Hall–Kier alpha value is -2.32. The predicted molar refractivity (Wildman–Crippen MR) is 327 cm³/mol. The van der Waals surface area contributed by atoms with Gasteiger partial charge in [0.1, 0.15) is 13.2 Å². The molecule has 0 rings (SSSR count). The third-order valence-corrected chi connectivity index (χ3v) is 14.9. The van der Waals surface area contributed by atoms with E-state index in [1.807, 2.05) is 27.2 Å². The van der Waals surface area contributed by atoms with Crippen molar-refractivity contribution in [3.8, 4) is 0 Å². The van der Waals surface area contributed by atoms with Crippen molar-refractivity contribution < 1.29 is 32.9 Å². The fourth-order valence-electron chi connectivity index (χ4n) is 8.99. The Balaban J connectivity index is 4.20. The summed E-state index contributed by atoms with van der Waals surface area (Å²) >= 11 is 0. The van der Waals surface area contributed by atoms with Crippen molar-refractivity contribution in [3.05, 3.63) is 85.1 Å². The van der Waals surface area contributed by atoms with Crippen LogP contribution in [0.1, 0.15) is 277 Å². The first-order valence-corrected chi connectivity index (χ1v) is 33.0. The fraction of sp³-hybridized carbons (Fsp3) is 0.773. The number of nitrogens with zero attached hydrogens (tertiary/aromatic N) is 1. The maximum absolute atomic E-state index is 13.0. The molecule has 3 N–H and O–H groups in total. The second kappa shape index (κ2) is 56.4. The average Bonchev–Trinajstić information content (AvgIpc) is 3.37. The van der Waals surface area contributed by atoms with Crippen LogP contribution in [0.3, 0.4) is 0 Å². The second-order valence-electron chi connectivity index (χ2n) is 22.4. The Bertz CT molecular complexity index is 1500. The van der Waals surface area contributed by atoms with Gasteiger partial charge in [-0.3, -0.25) is 13.8 Å². The molecule has 0 saturated heterocycles. The molecule has 75 heavy (non-hydrogen) atoms. The van der Waals surface area contributed by atoms with Crippen LogP contribution in [0.4, 0.5) is 0 Å². The van der Waals surface area contributed by atoms with Crippen molar-refractivity contribution in [1.29, 1.82) is 0 Å². The molecule has 436 valence electrons. The first-order chi connectivity index (χ1) is 36.5. The van der Waals surface area contributed by atoms with E-state index in [-0.39, 0.29) is 19.1 Å². The van der Waals surface area contributed by atoms with E-state index >= 15 is 0 Å². The smallest absolute Gasteiger partial charge is 0.387 e. The number of aliphatic hydroxyl groups excluding tert-OH is 1. The van der Waals surface area contributed by atoms with Crippen LogP contribution in [0.2, 0.25) is 0 Å². The highest BCUT2D eigenvalue weighted by atomic mass is 31.2. The Kier molecular flexibility index (Phi) is 54.7. The molecule has 8 nitrogen and oxygen atoms in total. The Morgan fingerprint density at radius 3 is 1.17 bits per heavy atom. The zero-order valence-corrected chi connectivity index (χ0v) is 50.7. The molecule has 0 aromatic heterocycles. The van der Waals surface area contributed by atoms with Crippen LogP contribution in [-0.4, -0.2) is 73.4 Å². The van der Waals surface area contributed by atoms with Crippen LogP contribution in [0.15, 0.2) is 85.1 Å². The first kappa shape index (κ1) is 72.7. The lowest BCUT2D eigenvalue weighted by Crippen LogP contribution is -2.45. The molecule has 0 fully saturated rings. The molecule has 0 radical (unpaired) electrons. The Labute approximate surface area is 465 Å². The molecule has 0 heterocycles. The molecule has 0 aliphatic rings. The maximum atomic E-state index is 13.0. The lowest BCUT2D eigenvalue weighted by atomic mass is 10.0. The van der Waals surface area contributed by atoms with Crippen molar-refractivity contribution in [1.82, 2.24) is 5.32 Å². The number of carbonyl (C=O) groups is 1. The monoisotopic (exact) mass is 1070 g/mol. The van der Waals surface area contributed by atoms with Gasteiger partial charge in [-0.2, -0.15) is 0 Å². The van der Waals surface area contributed by atoms with E-state index in [2.05, 4.69) is 92.1 Å². The summed E-state index contributed by atoms with van der Waals surface area (Å²) in [5.41, 5.74) is 0. The van der Waals surface area contributed by atoms with E-state index in [9.17, 15) is 19.4 Å². The van der Waals surface area contributed by atoms with Gasteiger partial charge in [-0.05, 0) is 70.6 Å². The number of allylic oxidation sites excluding steroid dienone is 13. The molecule has 0 bridgehead atoms. The van der Waals surface area contributed by atoms with E-state index in [4.69, 9.17) is 9.05 Å². The number of rotatable bonds is 57. The van der Waals surface area contributed by atoms with Gasteiger partial charge in [-0.25, -0.2) is 4.57 Å². The number of hydrogen-bond acceptors (Lipinski definition) is 5.